The van der Waals surface area contributed by atoms with Crippen LogP contribution in [0.3, 0.4) is 0 Å². The molecule has 0 aliphatic rings. The molecule has 0 bridgehead atoms. The van der Waals surface area contributed by atoms with E-state index in [1.165, 1.54) is 7.11 Å². The third-order valence-electron chi connectivity index (χ3n) is 5.06. The number of benzene rings is 1. The molecule has 1 unspecified atom stereocenters. The zero-order chi connectivity index (χ0) is 21.3. The SMILES string of the molecule is CCCCc1ncc(CNC(Cc2cccs2)C(=O)OC)n1Cc1ccccc1Cl. The van der Waals surface area contributed by atoms with Crippen molar-refractivity contribution in [3.8, 4) is 0 Å². The summed E-state index contributed by atoms with van der Waals surface area (Å²) in [6, 6.07) is 11.5. The van der Waals surface area contributed by atoms with E-state index in [1.54, 1.807) is 11.3 Å². The molecule has 3 aromatic rings. The Morgan fingerprint density at radius 1 is 1.30 bits per heavy atom. The smallest absolute Gasteiger partial charge is 0.323 e. The lowest BCUT2D eigenvalue weighted by molar-refractivity contribution is -0.143. The number of carbonyl (C=O) groups excluding carboxylic acids is 1. The molecule has 0 saturated carbocycles. The van der Waals surface area contributed by atoms with E-state index in [0.29, 0.717) is 19.5 Å². The number of hydrogen-bond acceptors (Lipinski definition) is 5. The summed E-state index contributed by atoms with van der Waals surface area (Å²) in [5.74, 6) is 0.785. The van der Waals surface area contributed by atoms with E-state index >= 15 is 0 Å². The first-order valence-corrected chi connectivity index (χ1v) is 11.5. The summed E-state index contributed by atoms with van der Waals surface area (Å²) in [6.45, 7) is 3.35. The predicted octanol–water partition coefficient (Wildman–Crippen LogP) is 4.86. The number of aryl methyl sites for hydroxylation is 1. The Balaban J connectivity index is 1.78. The van der Waals surface area contributed by atoms with Gasteiger partial charge in [0.2, 0.25) is 0 Å². The van der Waals surface area contributed by atoms with Crippen molar-refractivity contribution in [1.29, 1.82) is 0 Å². The molecular weight excluding hydrogens is 418 g/mol. The Labute approximate surface area is 187 Å². The average molecular weight is 446 g/mol. The molecule has 1 N–H and O–H groups in total. The number of ether oxygens (including phenoxy) is 1. The van der Waals surface area contributed by atoms with E-state index < -0.39 is 6.04 Å². The van der Waals surface area contributed by atoms with Gasteiger partial charge in [-0.25, -0.2) is 4.98 Å². The number of esters is 1. The van der Waals surface area contributed by atoms with Gasteiger partial charge in [-0.2, -0.15) is 0 Å². The second-order valence-electron chi connectivity index (χ2n) is 7.19. The number of rotatable bonds is 11. The minimum atomic E-state index is -0.406. The van der Waals surface area contributed by atoms with Gasteiger partial charge in [-0.3, -0.25) is 10.1 Å². The first-order valence-electron chi connectivity index (χ1n) is 10.2. The maximum atomic E-state index is 12.3. The molecule has 3 rings (SSSR count). The normalized spacial score (nSPS) is 12.1. The second-order valence-corrected chi connectivity index (χ2v) is 8.63. The number of aromatic nitrogens is 2. The van der Waals surface area contributed by atoms with Crippen LogP contribution in [0.2, 0.25) is 5.02 Å². The van der Waals surface area contributed by atoms with Crippen LogP contribution in [-0.4, -0.2) is 28.7 Å². The van der Waals surface area contributed by atoms with E-state index in [-0.39, 0.29) is 5.97 Å². The molecular formula is C23H28ClN3O2S. The summed E-state index contributed by atoms with van der Waals surface area (Å²) < 4.78 is 7.22. The molecule has 0 radical (unpaired) electrons. The van der Waals surface area contributed by atoms with Crippen molar-refractivity contribution in [2.45, 2.75) is 51.7 Å². The molecule has 2 aromatic heterocycles. The summed E-state index contributed by atoms with van der Waals surface area (Å²) >= 11 is 8.05. The molecule has 5 nitrogen and oxygen atoms in total. The summed E-state index contributed by atoms with van der Waals surface area (Å²) in [7, 11) is 1.43. The Bertz CT molecular complexity index is 940. The fraction of sp³-hybridized carbons (Fsp3) is 0.391. The third-order valence-corrected chi connectivity index (χ3v) is 6.33. The van der Waals surface area contributed by atoms with Crippen LogP contribution in [0.25, 0.3) is 0 Å². The van der Waals surface area contributed by atoms with Gasteiger partial charge < -0.3 is 9.30 Å². The van der Waals surface area contributed by atoms with Gasteiger partial charge in [-0.05, 0) is 29.5 Å². The lowest BCUT2D eigenvalue weighted by Crippen LogP contribution is -2.39. The van der Waals surface area contributed by atoms with Crippen molar-refractivity contribution in [1.82, 2.24) is 14.9 Å². The van der Waals surface area contributed by atoms with Crippen molar-refractivity contribution < 1.29 is 9.53 Å². The molecule has 1 aromatic carbocycles. The van der Waals surface area contributed by atoms with Gasteiger partial charge in [0.1, 0.15) is 11.9 Å². The van der Waals surface area contributed by atoms with Crippen LogP contribution in [0.4, 0.5) is 0 Å². The number of thiophene rings is 1. The van der Waals surface area contributed by atoms with Crippen LogP contribution in [0.1, 0.15) is 41.7 Å². The van der Waals surface area contributed by atoms with Gasteiger partial charge >= 0.3 is 5.97 Å². The number of carbonyl (C=O) groups is 1. The first-order chi connectivity index (χ1) is 14.6. The highest BCUT2D eigenvalue weighted by Gasteiger charge is 2.21. The van der Waals surface area contributed by atoms with Crippen LogP contribution in [0.15, 0.2) is 48.0 Å². The first kappa shape index (κ1) is 22.5. The molecule has 2 heterocycles. The van der Waals surface area contributed by atoms with Crippen molar-refractivity contribution in [3.05, 3.63) is 75.0 Å². The highest BCUT2D eigenvalue weighted by atomic mass is 35.5. The molecule has 0 aliphatic heterocycles. The number of methoxy groups -OCH3 is 1. The number of hydrogen-bond donors (Lipinski definition) is 1. The van der Waals surface area contributed by atoms with Gasteiger partial charge in [0, 0.05) is 35.5 Å². The summed E-state index contributed by atoms with van der Waals surface area (Å²) in [5.41, 5.74) is 2.08. The van der Waals surface area contributed by atoms with Gasteiger partial charge in [0.25, 0.3) is 0 Å². The van der Waals surface area contributed by atoms with Crippen molar-refractivity contribution in [2.75, 3.05) is 7.11 Å². The van der Waals surface area contributed by atoms with E-state index in [4.69, 9.17) is 16.3 Å². The summed E-state index contributed by atoms with van der Waals surface area (Å²) in [6.07, 6.45) is 5.60. The van der Waals surface area contributed by atoms with Crippen LogP contribution in [0, 0.1) is 0 Å². The monoisotopic (exact) mass is 445 g/mol. The molecule has 0 aliphatic carbocycles. The van der Waals surface area contributed by atoms with Gasteiger partial charge in [-0.15, -0.1) is 11.3 Å². The van der Waals surface area contributed by atoms with Gasteiger partial charge in [0.05, 0.1) is 19.3 Å². The van der Waals surface area contributed by atoms with E-state index in [9.17, 15) is 4.79 Å². The predicted molar refractivity (Wildman–Crippen MR) is 122 cm³/mol. The van der Waals surface area contributed by atoms with Crippen LogP contribution in [0.5, 0.6) is 0 Å². The summed E-state index contributed by atoms with van der Waals surface area (Å²) in [4.78, 5) is 18.1. The van der Waals surface area contributed by atoms with Crippen molar-refractivity contribution >= 4 is 28.9 Å². The zero-order valence-corrected chi connectivity index (χ0v) is 19.0. The zero-order valence-electron chi connectivity index (χ0n) is 17.4. The highest BCUT2D eigenvalue weighted by molar-refractivity contribution is 7.09. The lowest BCUT2D eigenvalue weighted by atomic mass is 10.1. The molecule has 1 atom stereocenters. The fourth-order valence-corrected chi connectivity index (χ4v) is 4.31. The van der Waals surface area contributed by atoms with Crippen molar-refractivity contribution in [2.24, 2.45) is 0 Å². The molecule has 7 heteroatoms. The minimum Gasteiger partial charge on any atom is -0.468 e. The molecule has 0 saturated heterocycles. The number of halogens is 1. The Morgan fingerprint density at radius 2 is 2.13 bits per heavy atom. The minimum absolute atomic E-state index is 0.258. The number of nitrogens with one attached hydrogen (secondary N) is 1. The van der Waals surface area contributed by atoms with E-state index in [1.807, 2.05) is 48.0 Å². The van der Waals surface area contributed by atoms with Crippen LogP contribution in [-0.2, 0) is 35.5 Å². The Hall–Kier alpha value is -2.15. The Morgan fingerprint density at radius 3 is 2.83 bits per heavy atom. The molecule has 0 fully saturated rings. The molecule has 30 heavy (non-hydrogen) atoms. The van der Waals surface area contributed by atoms with Crippen LogP contribution < -0.4 is 5.32 Å². The van der Waals surface area contributed by atoms with Crippen molar-refractivity contribution in [3.63, 3.8) is 0 Å². The van der Waals surface area contributed by atoms with Gasteiger partial charge in [0.15, 0.2) is 0 Å². The molecule has 0 spiro atoms. The van der Waals surface area contributed by atoms with Gasteiger partial charge in [-0.1, -0.05) is 49.2 Å². The van der Waals surface area contributed by atoms with Crippen LogP contribution >= 0.6 is 22.9 Å². The van der Waals surface area contributed by atoms with E-state index in [0.717, 1.165) is 46.2 Å². The maximum absolute atomic E-state index is 12.3. The number of nitrogens with zero attached hydrogens (tertiary/aromatic N) is 2. The number of unbranched alkanes of at least 4 members (excludes halogenated alkanes) is 1. The van der Waals surface area contributed by atoms with E-state index in [2.05, 4.69) is 21.8 Å². The third kappa shape index (κ3) is 5.94. The quantitative estimate of drug-likeness (QED) is 0.428. The fourth-order valence-electron chi connectivity index (χ4n) is 3.36. The summed E-state index contributed by atoms with van der Waals surface area (Å²) in [5, 5.41) is 6.14. The average Bonchev–Trinajstić information content (AvgIpc) is 3.40. The standard InChI is InChI=1S/C23H28ClN3O2S/c1-3-4-11-22-26-15-18(27(22)16-17-8-5-6-10-20(17)24)14-25-21(23(28)29-2)13-19-9-7-12-30-19/h5-10,12,15,21,25H,3-4,11,13-14,16H2,1-2H3. The number of imidazole rings is 1. The largest absolute Gasteiger partial charge is 0.468 e. The highest BCUT2D eigenvalue weighted by Crippen LogP contribution is 2.20. The Kier molecular flexibility index (Phi) is 8.49. The topological polar surface area (TPSA) is 56.1 Å². The molecule has 160 valence electrons. The lowest BCUT2D eigenvalue weighted by Gasteiger charge is -2.18. The second kappa shape index (κ2) is 11.3. The molecule has 0 amide bonds. The maximum Gasteiger partial charge on any atom is 0.323 e.